The standard InChI is InChI=1S/C18H24N6O4S2/c1-3-28-12(25)8-29-18-23-22-17(20)24(18)9(2)15(27)21-16-13(14(19)26)10-6-4-5-7-11(10)30-16/h9H,3-8H2,1-2H3,(H2,19,26)(H2,20,22)(H,21,27). The first-order valence-electron chi connectivity index (χ1n) is 9.57. The summed E-state index contributed by atoms with van der Waals surface area (Å²) >= 11 is 2.47. The Morgan fingerprint density at radius 3 is 2.73 bits per heavy atom. The maximum atomic E-state index is 13.0. The third kappa shape index (κ3) is 4.59. The molecule has 0 aromatic carbocycles. The average molecular weight is 453 g/mol. The van der Waals surface area contributed by atoms with E-state index < -0.39 is 17.9 Å². The van der Waals surface area contributed by atoms with Crippen LogP contribution in [0.15, 0.2) is 5.16 Å². The van der Waals surface area contributed by atoms with Gasteiger partial charge in [0.05, 0.1) is 17.9 Å². The highest BCUT2D eigenvalue weighted by Crippen LogP contribution is 2.38. The van der Waals surface area contributed by atoms with Crippen molar-refractivity contribution in [1.29, 1.82) is 0 Å². The largest absolute Gasteiger partial charge is 0.465 e. The number of nitrogen functional groups attached to an aromatic ring is 1. The Kier molecular flexibility index (Phi) is 6.98. The molecule has 2 amide bonds. The van der Waals surface area contributed by atoms with Gasteiger partial charge >= 0.3 is 5.97 Å². The lowest BCUT2D eigenvalue weighted by atomic mass is 9.95. The van der Waals surface area contributed by atoms with Crippen LogP contribution in [-0.2, 0) is 27.2 Å². The number of carbonyl (C=O) groups is 3. The maximum absolute atomic E-state index is 13.0. The highest BCUT2D eigenvalue weighted by molar-refractivity contribution is 7.99. The number of primary amides is 1. The molecular formula is C18H24N6O4S2. The number of nitrogens with one attached hydrogen (secondary N) is 1. The second kappa shape index (κ2) is 9.47. The van der Waals surface area contributed by atoms with E-state index >= 15 is 0 Å². The molecule has 1 unspecified atom stereocenters. The molecule has 162 valence electrons. The van der Waals surface area contributed by atoms with Crippen molar-refractivity contribution in [3.8, 4) is 0 Å². The molecule has 1 aliphatic rings. The number of thiophene rings is 1. The monoisotopic (exact) mass is 452 g/mol. The second-order valence-electron chi connectivity index (χ2n) is 6.75. The van der Waals surface area contributed by atoms with Crippen molar-refractivity contribution in [2.45, 2.75) is 50.7 Å². The lowest BCUT2D eigenvalue weighted by molar-refractivity contribution is -0.139. The number of aromatic nitrogens is 3. The van der Waals surface area contributed by atoms with Gasteiger partial charge in [-0.25, -0.2) is 0 Å². The quantitative estimate of drug-likeness (QED) is 0.404. The third-order valence-corrected chi connectivity index (χ3v) is 6.86. The minimum atomic E-state index is -0.774. The Hall–Kier alpha value is -2.60. The topological polar surface area (TPSA) is 155 Å². The van der Waals surface area contributed by atoms with E-state index in [1.54, 1.807) is 13.8 Å². The smallest absolute Gasteiger partial charge is 0.316 e. The Labute approximate surface area is 181 Å². The fraction of sp³-hybridized carbons (Fsp3) is 0.500. The number of rotatable bonds is 8. The molecule has 12 heteroatoms. The summed E-state index contributed by atoms with van der Waals surface area (Å²) in [6.45, 7) is 3.64. The van der Waals surface area contributed by atoms with Crippen molar-refractivity contribution in [1.82, 2.24) is 14.8 Å². The van der Waals surface area contributed by atoms with Crippen molar-refractivity contribution in [3.63, 3.8) is 0 Å². The van der Waals surface area contributed by atoms with Crippen LogP contribution in [0.25, 0.3) is 0 Å². The summed E-state index contributed by atoms with van der Waals surface area (Å²) in [5.41, 5.74) is 12.8. The SMILES string of the molecule is CCOC(=O)CSc1nnc(N)n1C(C)C(=O)Nc1sc2c(c1C(N)=O)CCCC2. The molecule has 0 spiro atoms. The zero-order chi connectivity index (χ0) is 21.8. The van der Waals surface area contributed by atoms with Gasteiger partial charge in [-0.1, -0.05) is 11.8 Å². The number of carbonyl (C=O) groups excluding carboxylic acids is 3. The Balaban J connectivity index is 1.79. The summed E-state index contributed by atoms with van der Waals surface area (Å²) in [7, 11) is 0. The van der Waals surface area contributed by atoms with Crippen LogP contribution in [0.2, 0.25) is 0 Å². The number of anilines is 2. The lowest BCUT2D eigenvalue weighted by Crippen LogP contribution is -2.26. The van der Waals surface area contributed by atoms with Crippen LogP contribution in [0.3, 0.4) is 0 Å². The number of hydrogen-bond donors (Lipinski definition) is 3. The molecule has 5 N–H and O–H groups in total. The predicted octanol–water partition coefficient (Wildman–Crippen LogP) is 1.75. The Morgan fingerprint density at radius 1 is 1.30 bits per heavy atom. The molecule has 2 aromatic heterocycles. The fourth-order valence-corrected chi connectivity index (χ4v) is 5.44. The number of esters is 1. The zero-order valence-corrected chi connectivity index (χ0v) is 18.4. The van der Waals surface area contributed by atoms with Crippen LogP contribution in [0.5, 0.6) is 0 Å². The summed E-state index contributed by atoms with van der Waals surface area (Å²) in [6.07, 6.45) is 3.70. The summed E-state index contributed by atoms with van der Waals surface area (Å²) in [6, 6.07) is -0.774. The van der Waals surface area contributed by atoms with E-state index in [-0.39, 0.29) is 24.2 Å². The molecule has 10 nitrogen and oxygen atoms in total. The molecule has 3 rings (SSSR count). The van der Waals surface area contributed by atoms with Crippen LogP contribution >= 0.6 is 23.1 Å². The third-order valence-electron chi connectivity index (χ3n) is 4.74. The van der Waals surface area contributed by atoms with Gasteiger partial charge in [0.2, 0.25) is 11.9 Å². The predicted molar refractivity (Wildman–Crippen MR) is 115 cm³/mol. The second-order valence-corrected chi connectivity index (χ2v) is 8.80. The molecule has 2 heterocycles. The van der Waals surface area contributed by atoms with Gasteiger partial charge < -0.3 is 21.5 Å². The van der Waals surface area contributed by atoms with Crippen molar-refractivity contribution in [2.24, 2.45) is 5.73 Å². The van der Waals surface area contributed by atoms with Crippen molar-refractivity contribution in [2.75, 3.05) is 23.4 Å². The Morgan fingerprint density at radius 2 is 2.03 bits per heavy atom. The molecule has 1 aliphatic carbocycles. The number of hydrogen-bond acceptors (Lipinski definition) is 9. The van der Waals surface area contributed by atoms with E-state index in [0.717, 1.165) is 47.9 Å². The number of aryl methyl sites for hydroxylation is 1. The van der Waals surface area contributed by atoms with Crippen LogP contribution in [0.1, 0.15) is 53.5 Å². The van der Waals surface area contributed by atoms with Gasteiger partial charge in [0.1, 0.15) is 11.0 Å². The molecule has 1 atom stereocenters. The van der Waals surface area contributed by atoms with E-state index in [4.69, 9.17) is 16.2 Å². The van der Waals surface area contributed by atoms with Gasteiger partial charge in [-0.15, -0.1) is 21.5 Å². The van der Waals surface area contributed by atoms with Gasteiger partial charge in [0, 0.05) is 4.88 Å². The molecule has 0 radical (unpaired) electrons. The lowest BCUT2D eigenvalue weighted by Gasteiger charge is -2.16. The van der Waals surface area contributed by atoms with Crippen molar-refractivity contribution >= 4 is 51.8 Å². The molecule has 0 saturated carbocycles. The molecule has 0 bridgehead atoms. The summed E-state index contributed by atoms with van der Waals surface area (Å²) in [5.74, 6) is -1.27. The molecule has 30 heavy (non-hydrogen) atoms. The molecule has 0 fully saturated rings. The summed E-state index contributed by atoms with van der Waals surface area (Å²) in [4.78, 5) is 37.7. The minimum absolute atomic E-state index is 0.0176. The van der Waals surface area contributed by atoms with E-state index in [0.29, 0.717) is 15.7 Å². The van der Waals surface area contributed by atoms with Crippen molar-refractivity contribution in [3.05, 3.63) is 16.0 Å². The number of nitrogens with zero attached hydrogens (tertiary/aromatic N) is 3. The number of ether oxygens (including phenoxy) is 1. The normalized spacial score (nSPS) is 14.1. The van der Waals surface area contributed by atoms with E-state index in [2.05, 4.69) is 15.5 Å². The zero-order valence-electron chi connectivity index (χ0n) is 16.8. The van der Waals surface area contributed by atoms with Gasteiger partial charge in [0.25, 0.3) is 5.91 Å². The van der Waals surface area contributed by atoms with Crippen LogP contribution in [-0.4, -0.2) is 44.9 Å². The van der Waals surface area contributed by atoms with Crippen LogP contribution in [0, 0.1) is 0 Å². The average Bonchev–Trinajstić information content (AvgIpc) is 3.25. The highest BCUT2D eigenvalue weighted by atomic mass is 32.2. The summed E-state index contributed by atoms with van der Waals surface area (Å²) in [5, 5.41) is 11.4. The van der Waals surface area contributed by atoms with Crippen LogP contribution < -0.4 is 16.8 Å². The number of amides is 2. The molecule has 2 aromatic rings. The van der Waals surface area contributed by atoms with Crippen molar-refractivity contribution < 1.29 is 19.1 Å². The summed E-state index contributed by atoms with van der Waals surface area (Å²) < 4.78 is 6.34. The highest BCUT2D eigenvalue weighted by Gasteiger charge is 2.28. The fourth-order valence-electron chi connectivity index (χ4n) is 3.33. The first-order valence-corrected chi connectivity index (χ1v) is 11.4. The van der Waals surface area contributed by atoms with Gasteiger partial charge in [-0.05, 0) is 45.1 Å². The number of thioether (sulfide) groups is 1. The first-order chi connectivity index (χ1) is 14.3. The minimum Gasteiger partial charge on any atom is -0.465 e. The van der Waals surface area contributed by atoms with Gasteiger partial charge in [-0.3, -0.25) is 19.0 Å². The van der Waals surface area contributed by atoms with E-state index in [1.165, 1.54) is 15.9 Å². The van der Waals surface area contributed by atoms with E-state index in [9.17, 15) is 14.4 Å². The first kappa shape index (κ1) is 22.1. The molecular weight excluding hydrogens is 428 g/mol. The number of fused-ring (bicyclic) bond motifs is 1. The molecule has 0 aliphatic heterocycles. The number of nitrogens with two attached hydrogens (primary N) is 2. The van der Waals surface area contributed by atoms with Crippen LogP contribution in [0.4, 0.5) is 10.9 Å². The maximum Gasteiger partial charge on any atom is 0.316 e. The van der Waals surface area contributed by atoms with Gasteiger partial charge in [0.15, 0.2) is 5.16 Å². The molecule has 0 saturated heterocycles. The Bertz CT molecular complexity index is 970. The van der Waals surface area contributed by atoms with E-state index in [1.807, 2.05) is 0 Å². The van der Waals surface area contributed by atoms with Gasteiger partial charge in [-0.2, -0.15) is 0 Å².